The van der Waals surface area contributed by atoms with Crippen LogP contribution in [0.4, 0.5) is 0 Å². The van der Waals surface area contributed by atoms with Crippen molar-refractivity contribution in [1.82, 2.24) is 9.88 Å². The molecule has 9 heteroatoms. The molecule has 1 unspecified atom stereocenters. The summed E-state index contributed by atoms with van der Waals surface area (Å²) in [7, 11) is 0.515. The average Bonchev–Trinajstić information content (AvgIpc) is 2.78. The zero-order valence-electron chi connectivity index (χ0n) is 11.3. The van der Waals surface area contributed by atoms with Gasteiger partial charge in [0.15, 0.2) is 0 Å². The van der Waals surface area contributed by atoms with E-state index in [4.69, 9.17) is 10.7 Å². The van der Waals surface area contributed by atoms with Gasteiger partial charge in [0.1, 0.15) is 10.6 Å². The van der Waals surface area contributed by atoms with E-state index in [0.29, 0.717) is 25.3 Å². The zero-order chi connectivity index (χ0) is 15.3. The first-order valence-electron chi connectivity index (χ1n) is 5.98. The molecule has 0 aromatic carbocycles. The predicted octanol–water partition coefficient (Wildman–Crippen LogP) is 0.934. The average molecular weight is 341 g/mol. The summed E-state index contributed by atoms with van der Waals surface area (Å²) >= 11 is 0. The fourth-order valence-corrected chi connectivity index (χ4v) is 2.95. The lowest BCUT2D eigenvalue weighted by Gasteiger charge is -2.07. The summed E-state index contributed by atoms with van der Waals surface area (Å²) in [5.41, 5.74) is 0.240. The largest absolute Gasteiger partial charge is 0.351 e. The van der Waals surface area contributed by atoms with Crippen molar-refractivity contribution in [3.8, 4) is 0 Å². The number of carbonyl (C=O) groups excluding carboxylic acids is 1. The molecule has 0 bridgehead atoms. The number of nitrogens with zero attached hydrogens (tertiary/aromatic N) is 1. The lowest BCUT2D eigenvalue weighted by Crippen LogP contribution is -2.27. The van der Waals surface area contributed by atoms with Crippen LogP contribution in [0, 0.1) is 0 Å². The molecule has 0 saturated carbocycles. The van der Waals surface area contributed by atoms with E-state index in [-0.39, 0.29) is 16.5 Å². The zero-order valence-corrected chi connectivity index (χ0v) is 13.6. The van der Waals surface area contributed by atoms with Crippen LogP contribution in [-0.2, 0) is 26.4 Å². The van der Waals surface area contributed by atoms with Crippen LogP contribution in [0.25, 0.3) is 0 Å². The van der Waals surface area contributed by atoms with Crippen molar-refractivity contribution in [2.45, 2.75) is 24.8 Å². The summed E-state index contributed by atoms with van der Waals surface area (Å²) in [5, 5.41) is 2.66. The molecular formula is C11H17ClN2O4S2. The molecule has 0 aliphatic heterocycles. The molecule has 1 atom stereocenters. The molecule has 0 aliphatic carbocycles. The summed E-state index contributed by atoms with van der Waals surface area (Å²) in [5.74, 6) is 0.136. The van der Waals surface area contributed by atoms with Gasteiger partial charge in [-0.15, -0.1) is 0 Å². The number of nitrogens with one attached hydrogen (secondary N) is 1. The van der Waals surface area contributed by atoms with Gasteiger partial charge in [-0.3, -0.25) is 9.00 Å². The Kier molecular flexibility index (Phi) is 6.22. The molecule has 20 heavy (non-hydrogen) atoms. The van der Waals surface area contributed by atoms with Crippen molar-refractivity contribution in [3.63, 3.8) is 0 Å². The fraction of sp³-hybridized carbons (Fsp3) is 0.545. The van der Waals surface area contributed by atoms with Crippen LogP contribution in [0.3, 0.4) is 0 Å². The third-order valence-corrected chi connectivity index (χ3v) is 4.80. The van der Waals surface area contributed by atoms with E-state index in [2.05, 4.69) is 5.32 Å². The monoisotopic (exact) mass is 340 g/mol. The normalized spacial score (nSPS) is 13.2. The first-order chi connectivity index (χ1) is 9.25. The molecule has 114 valence electrons. The highest BCUT2D eigenvalue weighted by molar-refractivity contribution is 8.13. The summed E-state index contributed by atoms with van der Waals surface area (Å²) in [6.07, 6.45) is 3.53. The molecule has 1 aromatic heterocycles. The molecule has 0 fully saturated rings. The molecule has 0 aliphatic rings. The Morgan fingerprint density at radius 2 is 2.15 bits per heavy atom. The summed E-state index contributed by atoms with van der Waals surface area (Å²) in [6, 6.07) is 1.25. The quantitative estimate of drug-likeness (QED) is 0.591. The van der Waals surface area contributed by atoms with E-state index in [0.717, 1.165) is 0 Å². The summed E-state index contributed by atoms with van der Waals surface area (Å²) in [4.78, 5) is 11.9. The molecule has 1 amide bonds. The Bertz CT molecular complexity index is 610. The minimum atomic E-state index is -3.85. The number of amides is 1. The van der Waals surface area contributed by atoms with Crippen molar-refractivity contribution in [2.24, 2.45) is 0 Å². The van der Waals surface area contributed by atoms with Gasteiger partial charge in [0.05, 0.1) is 0 Å². The van der Waals surface area contributed by atoms with E-state index < -0.39 is 19.9 Å². The number of carbonyl (C=O) groups is 1. The smallest absolute Gasteiger partial charge is 0.267 e. The first kappa shape index (κ1) is 17.2. The minimum absolute atomic E-state index is 0.0965. The fourth-order valence-electron chi connectivity index (χ4n) is 1.64. The second-order valence-electron chi connectivity index (χ2n) is 4.17. The van der Waals surface area contributed by atoms with Crippen LogP contribution < -0.4 is 5.32 Å². The summed E-state index contributed by atoms with van der Waals surface area (Å²) < 4.78 is 34.9. The maximum atomic E-state index is 12.0. The lowest BCUT2D eigenvalue weighted by molar-refractivity contribution is 0.0944. The molecule has 1 heterocycles. The standard InChI is InChI=1S/C11H17ClN2O4S2/c1-3-14-8-9(20(12,17)18)7-10(14)11(15)13-5-4-6-19(2)16/h7-8H,3-6H2,1-2H3,(H,13,15). The van der Waals surface area contributed by atoms with Crippen LogP contribution in [0.2, 0.25) is 0 Å². The van der Waals surface area contributed by atoms with Crippen molar-refractivity contribution >= 4 is 36.4 Å². The third-order valence-electron chi connectivity index (χ3n) is 2.62. The van der Waals surface area contributed by atoms with Gasteiger partial charge >= 0.3 is 0 Å². The Hall–Kier alpha value is -0.860. The molecule has 0 radical (unpaired) electrons. The van der Waals surface area contributed by atoms with Crippen molar-refractivity contribution < 1.29 is 17.4 Å². The van der Waals surface area contributed by atoms with Gasteiger partial charge in [-0.05, 0) is 19.4 Å². The number of hydrogen-bond donors (Lipinski definition) is 1. The van der Waals surface area contributed by atoms with E-state index in [1.54, 1.807) is 13.2 Å². The lowest BCUT2D eigenvalue weighted by atomic mass is 10.3. The highest BCUT2D eigenvalue weighted by Gasteiger charge is 2.19. The number of aryl methyl sites for hydroxylation is 1. The van der Waals surface area contributed by atoms with Crippen LogP contribution in [0.1, 0.15) is 23.8 Å². The Morgan fingerprint density at radius 1 is 1.50 bits per heavy atom. The van der Waals surface area contributed by atoms with E-state index in [1.807, 2.05) is 0 Å². The van der Waals surface area contributed by atoms with Crippen molar-refractivity contribution in [1.29, 1.82) is 0 Å². The van der Waals surface area contributed by atoms with Gasteiger partial charge < -0.3 is 9.88 Å². The molecule has 1 N–H and O–H groups in total. The van der Waals surface area contributed by atoms with Gasteiger partial charge in [-0.25, -0.2) is 8.42 Å². The second kappa shape index (κ2) is 7.24. The van der Waals surface area contributed by atoms with Crippen LogP contribution >= 0.6 is 10.7 Å². The third kappa shape index (κ3) is 4.92. The number of halogens is 1. The van der Waals surface area contributed by atoms with Gasteiger partial charge in [0.25, 0.3) is 15.0 Å². The predicted molar refractivity (Wildman–Crippen MR) is 79.0 cm³/mol. The number of rotatable bonds is 7. The second-order valence-corrected chi connectivity index (χ2v) is 8.29. The van der Waals surface area contributed by atoms with Gasteiger partial charge in [0, 0.05) is 52.8 Å². The number of aromatic nitrogens is 1. The van der Waals surface area contributed by atoms with Crippen LogP contribution in [0.5, 0.6) is 0 Å². The maximum Gasteiger partial charge on any atom is 0.267 e. The molecule has 0 saturated heterocycles. The van der Waals surface area contributed by atoms with Crippen molar-refractivity contribution in [3.05, 3.63) is 18.0 Å². The Balaban J connectivity index is 2.77. The van der Waals surface area contributed by atoms with E-state index in [9.17, 15) is 17.4 Å². The Labute approximate surface area is 125 Å². The topological polar surface area (TPSA) is 85.2 Å². The first-order valence-corrected chi connectivity index (χ1v) is 10.0. The minimum Gasteiger partial charge on any atom is -0.351 e. The molecular weight excluding hydrogens is 324 g/mol. The molecule has 1 aromatic rings. The van der Waals surface area contributed by atoms with Crippen molar-refractivity contribution in [2.75, 3.05) is 18.6 Å². The maximum absolute atomic E-state index is 12.0. The highest BCUT2D eigenvalue weighted by atomic mass is 35.7. The Morgan fingerprint density at radius 3 is 2.65 bits per heavy atom. The highest BCUT2D eigenvalue weighted by Crippen LogP contribution is 2.18. The molecule has 0 spiro atoms. The van der Waals surface area contributed by atoms with Crippen LogP contribution in [0.15, 0.2) is 17.2 Å². The molecule has 6 nitrogen and oxygen atoms in total. The summed E-state index contributed by atoms with van der Waals surface area (Å²) in [6.45, 7) is 2.63. The van der Waals surface area contributed by atoms with Gasteiger partial charge in [-0.1, -0.05) is 0 Å². The molecule has 1 rings (SSSR count). The van der Waals surface area contributed by atoms with E-state index in [1.165, 1.54) is 16.8 Å². The van der Waals surface area contributed by atoms with E-state index >= 15 is 0 Å². The van der Waals surface area contributed by atoms with Gasteiger partial charge in [-0.2, -0.15) is 0 Å². The van der Waals surface area contributed by atoms with Gasteiger partial charge in [0.2, 0.25) is 0 Å². The number of hydrogen-bond acceptors (Lipinski definition) is 4. The van der Waals surface area contributed by atoms with Crippen LogP contribution in [-0.4, -0.2) is 41.7 Å². The SMILES string of the molecule is CCn1cc(S(=O)(=O)Cl)cc1C(=O)NCCCS(C)=O.